The van der Waals surface area contributed by atoms with Crippen molar-refractivity contribution in [1.82, 2.24) is 4.90 Å². The van der Waals surface area contributed by atoms with Crippen molar-refractivity contribution < 1.29 is 19.1 Å². The van der Waals surface area contributed by atoms with Crippen molar-refractivity contribution in [3.05, 3.63) is 53.6 Å². The van der Waals surface area contributed by atoms with E-state index in [2.05, 4.69) is 0 Å². The lowest BCUT2D eigenvalue weighted by atomic mass is 10.1. The Balaban J connectivity index is 1.56. The third-order valence-electron chi connectivity index (χ3n) is 3.93. The summed E-state index contributed by atoms with van der Waals surface area (Å²) in [4.78, 5) is 26.2. The first-order valence-corrected chi connectivity index (χ1v) is 9.16. The topological polar surface area (TPSA) is 81.9 Å². The molecule has 7 heteroatoms. The molecule has 2 aromatic carbocycles. The second-order valence-corrected chi connectivity index (χ2v) is 6.96. The van der Waals surface area contributed by atoms with Crippen molar-refractivity contribution >= 4 is 23.6 Å². The number of carbonyl (C=O) groups excluding carboxylic acids is 2. The van der Waals surface area contributed by atoms with Gasteiger partial charge in [-0.15, -0.1) is 11.8 Å². The van der Waals surface area contributed by atoms with E-state index in [-0.39, 0.29) is 5.91 Å². The Hall–Kier alpha value is -2.67. The molecule has 6 nitrogen and oxygen atoms in total. The highest BCUT2D eigenvalue weighted by Gasteiger charge is 2.14. The van der Waals surface area contributed by atoms with Crippen LogP contribution in [-0.2, 0) is 11.3 Å². The van der Waals surface area contributed by atoms with Gasteiger partial charge in [-0.05, 0) is 35.9 Å². The number of nitrogens with two attached hydrogens (primary N) is 1. The maximum absolute atomic E-state index is 12.4. The molecule has 0 bridgehead atoms. The molecule has 0 fully saturated rings. The minimum atomic E-state index is -0.477. The highest BCUT2D eigenvalue weighted by atomic mass is 32.2. The SMILES string of the molecule is CN(Cc1cccc(C(N)=O)c1)C(=O)CSc1ccc2c(c1)OCCO2. The number of nitrogens with zero attached hydrogens (tertiary/aromatic N) is 1. The van der Waals surface area contributed by atoms with E-state index in [1.807, 2.05) is 24.3 Å². The molecular weight excluding hydrogens is 352 g/mol. The van der Waals surface area contributed by atoms with Crippen LogP contribution in [0.5, 0.6) is 11.5 Å². The first kappa shape index (κ1) is 18.1. The number of amides is 2. The maximum Gasteiger partial charge on any atom is 0.248 e. The number of primary amides is 1. The summed E-state index contributed by atoms with van der Waals surface area (Å²) >= 11 is 1.45. The number of carbonyl (C=O) groups is 2. The van der Waals surface area contributed by atoms with Crippen LogP contribution in [0.15, 0.2) is 47.4 Å². The standard InChI is InChI=1S/C19H20N2O4S/c1-21(11-13-3-2-4-14(9-13)19(20)23)18(22)12-26-15-5-6-16-17(10-15)25-8-7-24-16/h2-6,9-10H,7-8,11-12H2,1H3,(H2,20,23). The van der Waals surface area contributed by atoms with Crippen molar-refractivity contribution in [1.29, 1.82) is 0 Å². The summed E-state index contributed by atoms with van der Waals surface area (Å²) in [6.07, 6.45) is 0. The van der Waals surface area contributed by atoms with Gasteiger partial charge in [0.1, 0.15) is 13.2 Å². The van der Waals surface area contributed by atoms with Gasteiger partial charge in [0, 0.05) is 24.1 Å². The summed E-state index contributed by atoms with van der Waals surface area (Å²) in [5.41, 5.74) is 6.59. The molecule has 2 N–H and O–H groups in total. The van der Waals surface area contributed by atoms with Crippen molar-refractivity contribution in [3.63, 3.8) is 0 Å². The number of benzene rings is 2. The summed E-state index contributed by atoms with van der Waals surface area (Å²) < 4.78 is 11.0. The van der Waals surface area contributed by atoms with Gasteiger partial charge in [0.15, 0.2) is 11.5 Å². The zero-order valence-corrected chi connectivity index (χ0v) is 15.3. The Morgan fingerprint density at radius 3 is 2.65 bits per heavy atom. The van der Waals surface area contributed by atoms with E-state index in [1.54, 1.807) is 30.1 Å². The quantitative estimate of drug-likeness (QED) is 0.787. The van der Waals surface area contributed by atoms with Gasteiger partial charge >= 0.3 is 0 Å². The van der Waals surface area contributed by atoms with Gasteiger partial charge in [0.25, 0.3) is 0 Å². The lowest BCUT2D eigenvalue weighted by Gasteiger charge is -2.19. The van der Waals surface area contributed by atoms with E-state index in [0.717, 1.165) is 16.2 Å². The summed E-state index contributed by atoms with van der Waals surface area (Å²) in [5.74, 6) is 1.28. The molecular formula is C19H20N2O4S. The summed E-state index contributed by atoms with van der Waals surface area (Å²) in [7, 11) is 1.74. The molecule has 3 rings (SSSR count). The van der Waals surface area contributed by atoms with E-state index in [1.165, 1.54) is 11.8 Å². The Morgan fingerprint density at radius 1 is 1.12 bits per heavy atom. The van der Waals surface area contributed by atoms with Crippen LogP contribution < -0.4 is 15.2 Å². The molecule has 0 saturated heterocycles. The third kappa shape index (κ3) is 4.49. The van der Waals surface area contributed by atoms with Crippen LogP contribution in [-0.4, -0.2) is 42.7 Å². The smallest absolute Gasteiger partial charge is 0.248 e. The van der Waals surface area contributed by atoms with E-state index in [9.17, 15) is 9.59 Å². The second-order valence-electron chi connectivity index (χ2n) is 5.91. The van der Waals surface area contributed by atoms with Crippen molar-refractivity contribution in [3.8, 4) is 11.5 Å². The summed E-state index contributed by atoms with van der Waals surface area (Å²) in [5, 5.41) is 0. The number of fused-ring (bicyclic) bond motifs is 1. The number of hydrogen-bond acceptors (Lipinski definition) is 5. The average molecular weight is 372 g/mol. The first-order valence-electron chi connectivity index (χ1n) is 8.18. The Labute approximate surface area is 156 Å². The van der Waals surface area contributed by atoms with Crippen LogP contribution in [0.3, 0.4) is 0 Å². The van der Waals surface area contributed by atoms with Gasteiger partial charge in [-0.3, -0.25) is 9.59 Å². The molecule has 26 heavy (non-hydrogen) atoms. The molecule has 0 spiro atoms. The highest BCUT2D eigenvalue weighted by Crippen LogP contribution is 2.34. The Bertz CT molecular complexity index is 825. The largest absolute Gasteiger partial charge is 0.486 e. The number of ether oxygens (including phenoxy) is 2. The number of thioether (sulfide) groups is 1. The fraction of sp³-hybridized carbons (Fsp3) is 0.263. The molecule has 0 radical (unpaired) electrons. The van der Waals surface area contributed by atoms with E-state index < -0.39 is 5.91 Å². The molecule has 0 aromatic heterocycles. The third-order valence-corrected chi connectivity index (χ3v) is 4.91. The highest BCUT2D eigenvalue weighted by molar-refractivity contribution is 8.00. The van der Waals surface area contributed by atoms with Crippen molar-refractivity contribution in [2.24, 2.45) is 5.73 Å². The normalized spacial score (nSPS) is 12.5. The predicted octanol–water partition coefficient (Wildman–Crippen LogP) is 2.31. The molecule has 0 saturated carbocycles. The molecule has 1 aliphatic heterocycles. The molecule has 2 aromatic rings. The Morgan fingerprint density at radius 2 is 1.88 bits per heavy atom. The molecule has 0 aliphatic carbocycles. The van der Waals surface area contributed by atoms with Gasteiger partial charge in [0.05, 0.1) is 5.75 Å². The van der Waals surface area contributed by atoms with E-state index in [0.29, 0.717) is 36.8 Å². The van der Waals surface area contributed by atoms with Crippen molar-refractivity contribution in [2.75, 3.05) is 26.0 Å². The number of rotatable bonds is 6. The molecule has 0 unspecified atom stereocenters. The predicted molar refractivity (Wildman–Crippen MR) is 99.6 cm³/mol. The molecule has 1 aliphatic rings. The van der Waals surface area contributed by atoms with Crippen molar-refractivity contribution in [2.45, 2.75) is 11.4 Å². The zero-order chi connectivity index (χ0) is 18.5. The zero-order valence-electron chi connectivity index (χ0n) is 14.4. The molecule has 2 amide bonds. The van der Waals surface area contributed by atoms with Gasteiger partial charge in [-0.2, -0.15) is 0 Å². The molecule has 1 heterocycles. The van der Waals surface area contributed by atoms with Gasteiger partial charge in [-0.1, -0.05) is 12.1 Å². The van der Waals surface area contributed by atoms with Crippen LogP contribution in [0.2, 0.25) is 0 Å². The van der Waals surface area contributed by atoms with Crippen LogP contribution >= 0.6 is 11.8 Å². The van der Waals surface area contributed by atoms with Gasteiger partial charge in [-0.25, -0.2) is 0 Å². The van der Waals surface area contributed by atoms with Gasteiger partial charge < -0.3 is 20.1 Å². The lowest BCUT2D eigenvalue weighted by Crippen LogP contribution is -2.28. The number of hydrogen-bond donors (Lipinski definition) is 1. The minimum absolute atomic E-state index is 0.00522. The van der Waals surface area contributed by atoms with Crippen LogP contribution in [0.4, 0.5) is 0 Å². The average Bonchev–Trinajstić information content (AvgIpc) is 2.66. The Kier molecular flexibility index (Phi) is 5.68. The monoisotopic (exact) mass is 372 g/mol. The van der Waals surface area contributed by atoms with Crippen LogP contribution in [0.25, 0.3) is 0 Å². The molecule has 136 valence electrons. The minimum Gasteiger partial charge on any atom is -0.486 e. The fourth-order valence-corrected chi connectivity index (χ4v) is 3.42. The van der Waals surface area contributed by atoms with E-state index >= 15 is 0 Å². The second kappa shape index (κ2) is 8.14. The lowest BCUT2D eigenvalue weighted by molar-refractivity contribution is -0.127. The first-order chi connectivity index (χ1) is 12.5. The van der Waals surface area contributed by atoms with Crippen LogP contribution in [0, 0.1) is 0 Å². The maximum atomic E-state index is 12.4. The summed E-state index contributed by atoms with van der Waals surface area (Å²) in [6.45, 7) is 1.51. The van der Waals surface area contributed by atoms with Gasteiger partial charge in [0.2, 0.25) is 11.8 Å². The summed E-state index contributed by atoms with van der Waals surface area (Å²) in [6, 6.07) is 12.7. The van der Waals surface area contributed by atoms with Crippen LogP contribution in [0.1, 0.15) is 15.9 Å². The molecule has 0 atom stereocenters. The fourth-order valence-electron chi connectivity index (χ4n) is 2.55. The van der Waals surface area contributed by atoms with E-state index in [4.69, 9.17) is 15.2 Å².